The van der Waals surface area contributed by atoms with Crippen LogP contribution >= 0.6 is 22.6 Å². The van der Waals surface area contributed by atoms with Gasteiger partial charge in [0.15, 0.2) is 0 Å². The van der Waals surface area contributed by atoms with Gasteiger partial charge in [-0.3, -0.25) is 0 Å². The zero-order valence-corrected chi connectivity index (χ0v) is 9.10. The van der Waals surface area contributed by atoms with Crippen LogP contribution in [0, 0.1) is 17.4 Å². The van der Waals surface area contributed by atoms with Crippen LogP contribution in [0.1, 0.15) is 11.1 Å². The monoisotopic (exact) mass is 262 g/mol. The number of hydrogen-bond donors (Lipinski definition) is 0. The highest BCUT2D eigenvalue weighted by molar-refractivity contribution is 14.1. The van der Waals surface area contributed by atoms with Gasteiger partial charge in [-0.1, -0.05) is 6.07 Å². The smallest absolute Gasteiger partial charge is 0.122 e. The number of benzene rings is 1. The van der Waals surface area contributed by atoms with Crippen molar-refractivity contribution >= 4 is 22.6 Å². The molecule has 1 aromatic carbocycles. The van der Waals surface area contributed by atoms with Crippen molar-refractivity contribution in [2.75, 3.05) is 7.11 Å². The van der Waals surface area contributed by atoms with Crippen LogP contribution < -0.4 is 4.74 Å². The molecule has 2 heteroatoms. The maximum atomic E-state index is 5.18. The topological polar surface area (TPSA) is 9.23 Å². The molecular weight excluding hydrogens is 251 g/mol. The van der Waals surface area contributed by atoms with Crippen LogP contribution in [0.5, 0.6) is 5.75 Å². The van der Waals surface area contributed by atoms with Crippen molar-refractivity contribution < 1.29 is 4.74 Å². The number of rotatable bonds is 1. The van der Waals surface area contributed by atoms with Crippen molar-refractivity contribution in [3.05, 3.63) is 26.8 Å². The predicted octanol–water partition coefficient (Wildman–Crippen LogP) is 2.92. The van der Waals surface area contributed by atoms with E-state index in [1.54, 1.807) is 7.11 Å². The molecule has 0 atom stereocenters. The van der Waals surface area contributed by atoms with Gasteiger partial charge in [0, 0.05) is 9.13 Å². The highest BCUT2D eigenvalue weighted by Gasteiger charge is 2.03. The maximum Gasteiger partial charge on any atom is 0.122 e. The lowest BCUT2D eigenvalue weighted by Gasteiger charge is -2.07. The Labute approximate surface area is 80.9 Å². The highest BCUT2D eigenvalue weighted by Crippen LogP contribution is 2.25. The highest BCUT2D eigenvalue weighted by atomic mass is 127. The molecule has 0 heterocycles. The number of methoxy groups -OCH3 is 1. The molecule has 1 rings (SSSR count). The van der Waals surface area contributed by atoms with E-state index in [1.807, 2.05) is 6.07 Å². The van der Waals surface area contributed by atoms with Crippen molar-refractivity contribution in [1.82, 2.24) is 0 Å². The van der Waals surface area contributed by atoms with Crippen molar-refractivity contribution in [2.45, 2.75) is 13.8 Å². The third kappa shape index (κ3) is 1.67. The van der Waals surface area contributed by atoms with Gasteiger partial charge in [0.25, 0.3) is 0 Å². The van der Waals surface area contributed by atoms with Crippen molar-refractivity contribution in [3.63, 3.8) is 0 Å². The molecular formula is C9H11IO. The summed E-state index contributed by atoms with van der Waals surface area (Å²) >= 11 is 2.34. The molecule has 0 fully saturated rings. The van der Waals surface area contributed by atoms with Gasteiger partial charge in [0.05, 0.1) is 7.11 Å². The lowest BCUT2D eigenvalue weighted by Crippen LogP contribution is -1.91. The Balaban J connectivity index is 3.25. The van der Waals surface area contributed by atoms with E-state index in [0.29, 0.717) is 0 Å². The average Bonchev–Trinajstić information content (AvgIpc) is 2.01. The van der Waals surface area contributed by atoms with Gasteiger partial charge < -0.3 is 4.74 Å². The van der Waals surface area contributed by atoms with Crippen molar-refractivity contribution in [2.24, 2.45) is 0 Å². The van der Waals surface area contributed by atoms with Crippen LogP contribution in [-0.4, -0.2) is 7.11 Å². The Morgan fingerprint density at radius 3 is 2.45 bits per heavy atom. The van der Waals surface area contributed by atoms with E-state index in [9.17, 15) is 0 Å². The summed E-state index contributed by atoms with van der Waals surface area (Å²) in [6.45, 7) is 4.18. The Morgan fingerprint density at radius 1 is 1.27 bits per heavy atom. The van der Waals surface area contributed by atoms with Gasteiger partial charge in [-0.05, 0) is 48.1 Å². The summed E-state index contributed by atoms with van der Waals surface area (Å²) in [5, 5.41) is 0. The van der Waals surface area contributed by atoms with Crippen LogP contribution in [0.3, 0.4) is 0 Å². The molecule has 0 aliphatic heterocycles. The molecule has 60 valence electrons. The molecule has 0 unspecified atom stereocenters. The van der Waals surface area contributed by atoms with Gasteiger partial charge >= 0.3 is 0 Å². The molecule has 0 spiro atoms. The molecule has 0 amide bonds. The molecule has 0 radical (unpaired) electrons. The van der Waals surface area contributed by atoms with Gasteiger partial charge in [0.1, 0.15) is 5.75 Å². The summed E-state index contributed by atoms with van der Waals surface area (Å²) in [6.07, 6.45) is 0. The third-order valence-electron chi connectivity index (χ3n) is 1.75. The fraction of sp³-hybridized carbons (Fsp3) is 0.333. The summed E-state index contributed by atoms with van der Waals surface area (Å²) in [5.41, 5.74) is 2.54. The van der Waals surface area contributed by atoms with Crippen LogP contribution in [-0.2, 0) is 0 Å². The first-order valence-corrected chi connectivity index (χ1v) is 4.54. The molecule has 0 bridgehead atoms. The minimum Gasteiger partial charge on any atom is -0.496 e. The van der Waals surface area contributed by atoms with E-state index < -0.39 is 0 Å². The molecule has 0 saturated carbocycles. The summed E-state index contributed by atoms with van der Waals surface area (Å²) in [4.78, 5) is 0. The quantitative estimate of drug-likeness (QED) is 0.707. The van der Waals surface area contributed by atoms with E-state index in [-0.39, 0.29) is 0 Å². The number of hydrogen-bond acceptors (Lipinski definition) is 1. The molecule has 0 aliphatic carbocycles. The van der Waals surface area contributed by atoms with E-state index in [2.05, 4.69) is 42.5 Å². The Bertz CT molecular complexity index is 269. The SMILES string of the molecule is COc1ccc(C)c(I)c1C. The fourth-order valence-corrected chi connectivity index (χ4v) is 1.47. The van der Waals surface area contributed by atoms with Crippen molar-refractivity contribution in [3.8, 4) is 5.75 Å². The standard InChI is InChI=1S/C9H11IO/c1-6-4-5-8(11-3)7(2)9(6)10/h4-5H,1-3H3. The summed E-state index contributed by atoms with van der Waals surface area (Å²) < 4.78 is 6.47. The van der Waals surface area contributed by atoms with Gasteiger partial charge in [0.2, 0.25) is 0 Å². The predicted molar refractivity (Wildman–Crippen MR) is 55.2 cm³/mol. The Hall–Kier alpha value is -0.250. The zero-order chi connectivity index (χ0) is 8.43. The van der Waals surface area contributed by atoms with Crippen LogP contribution in [0.2, 0.25) is 0 Å². The Kier molecular flexibility index (Phi) is 2.76. The maximum absolute atomic E-state index is 5.18. The molecule has 0 saturated heterocycles. The molecule has 1 nitrogen and oxygen atoms in total. The van der Waals surface area contributed by atoms with Gasteiger partial charge in [-0.25, -0.2) is 0 Å². The second-order valence-corrected chi connectivity index (χ2v) is 3.60. The van der Waals surface area contributed by atoms with E-state index in [0.717, 1.165) is 5.75 Å². The second kappa shape index (κ2) is 3.43. The van der Waals surface area contributed by atoms with Gasteiger partial charge in [-0.15, -0.1) is 0 Å². The molecule has 0 aliphatic rings. The fourth-order valence-electron chi connectivity index (χ4n) is 1.02. The number of aryl methyl sites for hydroxylation is 1. The van der Waals surface area contributed by atoms with Crippen LogP contribution in [0.25, 0.3) is 0 Å². The van der Waals surface area contributed by atoms with E-state index in [4.69, 9.17) is 4.74 Å². The minimum atomic E-state index is 0.972. The number of halogens is 1. The van der Waals surface area contributed by atoms with Crippen molar-refractivity contribution in [1.29, 1.82) is 0 Å². The zero-order valence-electron chi connectivity index (χ0n) is 6.94. The molecule has 0 N–H and O–H groups in total. The van der Waals surface area contributed by atoms with Gasteiger partial charge in [-0.2, -0.15) is 0 Å². The first-order valence-electron chi connectivity index (χ1n) is 3.46. The van der Waals surface area contributed by atoms with E-state index >= 15 is 0 Å². The normalized spacial score (nSPS) is 9.82. The molecule has 1 aromatic rings. The lowest BCUT2D eigenvalue weighted by molar-refractivity contribution is 0.411. The van der Waals surface area contributed by atoms with Crippen LogP contribution in [0.4, 0.5) is 0 Å². The second-order valence-electron chi connectivity index (χ2n) is 2.52. The van der Waals surface area contributed by atoms with E-state index in [1.165, 1.54) is 14.7 Å². The third-order valence-corrected chi connectivity index (χ3v) is 3.41. The summed E-state index contributed by atoms with van der Waals surface area (Å²) in [6, 6.07) is 4.08. The minimum absolute atomic E-state index is 0.972. The summed E-state index contributed by atoms with van der Waals surface area (Å²) in [7, 11) is 1.70. The largest absolute Gasteiger partial charge is 0.496 e. The summed E-state index contributed by atoms with van der Waals surface area (Å²) in [5.74, 6) is 0.972. The number of ether oxygens (including phenoxy) is 1. The van der Waals surface area contributed by atoms with Crippen LogP contribution in [0.15, 0.2) is 12.1 Å². The lowest BCUT2D eigenvalue weighted by atomic mass is 10.1. The first kappa shape index (κ1) is 8.84. The Morgan fingerprint density at radius 2 is 1.91 bits per heavy atom. The average molecular weight is 262 g/mol. The molecule has 0 aromatic heterocycles. The first-order chi connectivity index (χ1) is 5.16. The molecule has 11 heavy (non-hydrogen) atoms.